The van der Waals surface area contributed by atoms with Crippen molar-refractivity contribution in [1.82, 2.24) is 15.1 Å². The first kappa shape index (κ1) is 10.2. The van der Waals surface area contributed by atoms with Crippen molar-refractivity contribution in [2.45, 2.75) is 25.4 Å². The van der Waals surface area contributed by atoms with E-state index >= 15 is 0 Å². The minimum absolute atomic E-state index is 0.633. The third-order valence-corrected chi connectivity index (χ3v) is 4.94. The second-order valence-corrected chi connectivity index (χ2v) is 6.01. The van der Waals surface area contributed by atoms with E-state index in [0.717, 1.165) is 24.1 Å². The van der Waals surface area contributed by atoms with Gasteiger partial charge in [-0.05, 0) is 28.1 Å². The van der Waals surface area contributed by atoms with Gasteiger partial charge < -0.3 is 5.32 Å². The van der Waals surface area contributed by atoms with Gasteiger partial charge in [-0.1, -0.05) is 0 Å². The molecule has 1 fully saturated rings. The molecule has 3 heterocycles. The second-order valence-electron chi connectivity index (χ2n) is 4.10. The van der Waals surface area contributed by atoms with Gasteiger partial charge in [0.05, 0.1) is 6.04 Å². The Hall–Kier alpha value is -0.0000000000000000763. The Kier molecular flexibility index (Phi) is 2.79. The van der Waals surface area contributed by atoms with Gasteiger partial charge in [0, 0.05) is 36.5 Å². The SMILES string of the molecule is Brc1nn(C2CCSC2)c2c1CNCC2. The molecule has 1 aromatic rings. The number of nitrogens with one attached hydrogen (secondary N) is 1. The summed E-state index contributed by atoms with van der Waals surface area (Å²) in [7, 11) is 0. The maximum atomic E-state index is 4.65. The summed E-state index contributed by atoms with van der Waals surface area (Å²) in [5, 5.41) is 8.05. The summed E-state index contributed by atoms with van der Waals surface area (Å²) in [6, 6.07) is 0.633. The normalized spacial score (nSPS) is 25.5. The number of rotatable bonds is 1. The van der Waals surface area contributed by atoms with Crippen LogP contribution >= 0.6 is 27.7 Å². The van der Waals surface area contributed by atoms with Gasteiger partial charge >= 0.3 is 0 Å². The first-order valence-corrected chi connectivity index (χ1v) is 7.35. The maximum absolute atomic E-state index is 4.65. The highest BCUT2D eigenvalue weighted by molar-refractivity contribution is 9.10. The van der Waals surface area contributed by atoms with E-state index in [2.05, 4.69) is 31.0 Å². The number of hydrogen-bond acceptors (Lipinski definition) is 3. The molecular formula is C10H14BrN3S. The van der Waals surface area contributed by atoms with Crippen LogP contribution in [-0.4, -0.2) is 27.8 Å². The molecule has 1 N–H and O–H groups in total. The third kappa shape index (κ3) is 1.74. The van der Waals surface area contributed by atoms with Crippen molar-refractivity contribution in [3.05, 3.63) is 15.9 Å². The van der Waals surface area contributed by atoms with Crippen molar-refractivity contribution >= 4 is 27.7 Å². The number of thioether (sulfide) groups is 1. The fourth-order valence-electron chi connectivity index (χ4n) is 2.35. The zero-order chi connectivity index (χ0) is 10.3. The summed E-state index contributed by atoms with van der Waals surface area (Å²) < 4.78 is 3.32. The topological polar surface area (TPSA) is 29.9 Å². The minimum atomic E-state index is 0.633. The summed E-state index contributed by atoms with van der Waals surface area (Å²) in [5.74, 6) is 2.52. The Labute approximate surface area is 102 Å². The van der Waals surface area contributed by atoms with Crippen LogP contribution in [0.1, 0.15) is 23.7 Å². The molecule has 0 bridgehead atoms. The monoisotopic (exact) mass is 287 g/mol. The molecule has 0 amide bonds. The molecule has 3 rings (SSSR count). The Bertz CT molecular complexity index is 371. The largest absolute Gasteiger partial charge is 0.312 e. The van der Waals surface area contributed by atoms with Crippen molar-refractivity contribution in [2.75, 3.05) is 18.1 Å². The number of nitrogens with zero attached hydrogens (tertiary/aromatic N) is 2. The molecule has 82 valence electrons. The molecular weight excluding hydrogens is 274 g/mol. The van der Waals surface area contributed by atoms with Crippen LogP contribution in [0.4, 0.5) is 0 Å². The lowest BCUT2D eigenvalue weighted by atomic mass is 10.1. The van der Waals surface area contributed by atoms with Crippen LogP contribution in [0.2, 0.25) is 0 Å². The third-order valence-electron chi connectivity index (χ3n) is 3.16. The van der Waals surface area contributed by atoms with Gasteiger partial charge in [-0.2, -0.15) is 16.9 Å². The number of aromatic nitrogens is 2. The van der Waals surface area contributed by atoms with E-state index in [4.69, 9.17) is 0 Å². The minimum Gasteiger partial charge on any atom is -0.312 e. The number of fused-ring (bicyclic) bond motifs is 1. The summed E-state index contributed by atoms with van der Waals surface area (Å²) in [4.78, 5) is 0. The van der Waals surface area contributed by atoms with Crippen LogP contribution in [0.25, 0.3) is 0 Å². The number of halogens is 1. The van der Waals surface area contributed by atoms with E-state index in [1.807, 2.05) is 11.8 Å². The molecule has 5 heteroatoms. The average Bonchev–Trinajstić information content (AvgIpc) is 2.87. The first-order chi connectivity index (χ1) is 7.36. The van der Waals surface area contributed by atoms with Crippen LogP contribution in [0, 0.1) is 0 Å². The van der Waals surface area contributed by atoms with E-state index in [1.165, 1.54) is 29.2 Å². The highest BCUT2D eigenvalue weighted by Gasteiger charge is 2.25. The van der Waals surface area contributed by atoms with Crippen molar-refractivity contribution in [1.29, 1.82) is 0 Å². The van der Waals surface area contributed by atoms with E-state index in [0.29, 0.717) is 6.04 Å². The molecule has 1 unspecified atom stereocenters. The first-order valence-electron chi connectivity index (χ1n) is 5.40. The molecule has 0 aliphatic carbocycles. The summed E-state index contributed by atoms with van der Waals surface area (Å²) >= 11 is 5.62. The molecule has 0 saturated carbocycles. The van der Waals surface area contributed by atoms with Crippen LogP contribution in [-0.2, 0) is 13.0 Å². The van der Waals surface area contributed by atoms with Gasteiger partial charge in [0.25, 0.3) is 0 Å². The van der Waals surface area contributed by atoms with Crippen molar-refractivity contribution in [3.63, 3.8) is 0 Å². The van der Waals surface area contributed by atoms with Crippen molar-refractivity contribution in [2.24, 2.45) is 0 Å². The van der Waals surface area contributed by atoms with Crippen molar-refractivity contribution < 1.29 is 0 Å². The summed E-state index contributed by atoms with van der Waals surface area (Å²) in [5.41, 5.74) is 2.83. The fourth-order valence-corrected chi connectivity index (χ4v) is 4.08. The molecule has 2 aliphatic rings. The Morgan fingerprint density at radius 1 is 1.53 bits per heavy atom. The summed E-state index contributed by atoms with van der Waals surface area (Å²) in [6.45, 7) is 2.06. The van der Waals surface area contributed by atoms with Gasteiger partial charge in [-0.3, -0.25) is 4.68 Å². The second kappa shape index (κ2) is 4.11. The molecule has 2 aliphatic heterocycles. The lowest BCUT2D eigenvalue weighted by Crippen LogP contribution is -2.26. The Balaban J connectivity index is 1.99. The zero-order valence-corrected chi connectivity index (χ0v) is 10.9. The van der Waals surface area contributed by atoms with E-state index < -0.39 is 0 Å². The molecule has 3 nitrogen and oxygen atoms in total. The molecule has 1 atom stereocenters. The quantitative estimate of drug-likeness (QED) is 0.857. The van der Waals surface area contributed by atoms with Crippen molar-refractivity contribution in [3.8, 4) is 0 Å². The molecule has 1 saturated heterocycles. The van der Waals surface area contributed by atoms with Crippen LogP contribution in [0.3, 0.4) is 0 Å². The molecule has 1 aromatic heterocycles. The molecule has 15 heavy (non-hydrogen) atoms. The lowest BCUT2D eigenvalue weighted by molar-refractivity contribution is 0.469. The smallest absolute Gasteiger partial charge is 0.132 e. The van der Waals surface area contributed by atoms with Crippen LogP contribution in [0.15, 0.2) is 4.60 Å². The zero-order valence-electron chi connectivity index (χ0n) is 8.50. The van der Waals surface area contributed by atoms with E-state index in [-0.39, 0.29) is 0 Å². The maximum Gasteiger partial charge on any atom is 0.132 e. The summed E-state index contributed by atoms with van der Waals surface area (Å²) in [6.07, 6.45) is 2.40. The number of hydrogen-bond donors (Lipinski definition) is 1. The van der Waals surface area contributed by atoms with E-state index in [9.17, 15) is 0 Å². The highest BCUT2D eigenvalue weighted by atomic mass is 79.9. The van der Waals surface area contributed by atoms with Crippen LogP contribution < -0.4 is 5.32 Å². The van der Waals surface area contributed by atoms with Gasteiger partial charge in [-0.15, -0.1) is 0 Å². The Morgan fingerprint density at radius 2 is 2.47 bits per heavy atom. The predicted molar refractivity (Wildman–Crippen MR) is 66.3 cm³/mol. The van der Waals surface area contributed by atoms with E-state index in [1.54, 1.807) is 0 Å². The molecule has 0 aromatic carbocycles. The van der Waals surface area contributed by atoms with Gasteiger partial charge in [0.2, 0.25) is 0 Å². The average molecular weight is 288 g/mol. The Morgan fingerprint density at radius 3 is 3.27 bits per heavy atom. The highest BCUT2D eigenvalue weighted by Crippen LogP contribution is 2.32. The predicted octanol–water partition coefficient (Wildman–Crippen LogP) is 1.97. The fraction of sp³-hybridized carbons (Fsp3) is 0.700. The molecule has 0 radical (unpaired) electrons. The standard InChI is InChI=1S/C10H14BrN3S/c11-10-8-5-12-3-1-9(8)14(13-10)7-2-4-15-6-7/h7,12H,1-6H2. The van der Waals surface area contributed by atoms with Gasteiger partial charge in [-0.25, -0.2) is 0 Å². The van der Waals surface area contributed by atoms with Gasteiger partial charge in [0.15, 0.2) is 0 Å². The molecule has 0 spiro atoms. The van der Waals surface area contributed by atoms with Crippen LogP contribution in [0.5, 0.6) is 0 Å². The van der Waals surface area contributed by atoms with Gasteiger partial charge in [0.1, 0.15) is 4.60 Å². The lowest BCUT2D eigenvalue weighted by Gasteiger charge is -2.18.